The fourth-order valence-corrected chi connectivity index (χ4v) is 3.45. The summed E-state index contributed by atoms with van der Waals surface area (Å²) in [5.74, 6) is 0.854. The van der Waals surface area contributed by atoms with E-state index in [0.29, 0.717) is 19.2 Å². The van der Waals surface area contributed by atoms with Gasteiger partial charge in [-0.25, -0.2) is 0 Å². The summed E-state index contributed by atoms with van der Waals surface area (Å²) in [4.78, 5) is 21.5. The maximum Gasteiger partial charge on any atom is 0.310 e. The fourth-order valence-electron chi connectivity index (χ4n) is 3.45. The molecule has 23 heavy (non-hydrogen) atoms. The summed E-state index contributed by atoms with van der Waals surface area (Å²) in [6, 6.07) is 0.550. The second-order valence-electron chi connectivity index (χ2n) is 6.51. The molecule has 1 N–H and O–H groups in total. The van der Waals surface area contributed by atoms with E-state index in [1.54, 1.807) is 0 Å². The fraction of sp³-hybridized carbons (Fsp3) is 0.882. The summed E-state index contributed by atoms with van der Waals surface area (Å²) in [5, 5.41) is 3.39. The highest BCUT2D eigenvalue weighted by atomic mass is 16.5. The van der Waals surface area contributed by atoms with E-state index in [9.17, 15) is 4.79 Å². The van der Waals surface area contributed by atoms with Gasteiger partial charge in [-0.3, -0.25) is 9.79 Å². The molecule has 2 saturated heterocycles. The van der Waals surface area contributed by atoms with Crippen LogP contribution in [0.3, 0.4) is 0 Å². The molecule has 0 aromatic heterocycles. The number of ether oxygens (including phenoxy) is 1. The molecule has 6 nitrogen and oxygen atoms in total. The predicted octanol–water partition coefficient (Wildman–Crippen LogP) is 1.32. The molecule has 2 aliphatic heterocycles. The monoisotopic (exact) mass is 324 g/mol. The van der Waals surface area contributed by atoms with Crippen LogP contribution in [0.15, 0.2) is 4.99 Å². The van der Waals surface area contributed by atoms with E-state index in [1.807, 2.05) is 6.92 Å². The molecular weight excluding hydrogens is 292 g/mol. The van der Waals surface area contributed by atoms with Crippen molar-refractivity contribution in [3.63, 3.8) is 0 Å². The zero-order valence-electron chi connectivity index (χ0n) is 14.9. The van der Waals surface area contributed by atoms with Gasteiger partial charge in [-0.2, -0.15) is 0 Å². The van der Waals surface area contributed by atoms with Crippen molar-refractivity contribution < 1.29 is 9.53 Å². The summed E-state index contributed by atoms with van der Waals surface area (Å²) in [5.41, 5.74) is 0. The Hall–Kier alpha value is -1.30. The number of aliphatic imine (C=N–C) groups is 1. The van der Waals surface area contributed by atoms with Crippen LogP contribution in [0.5, 0.6) is 0 Å². The van der Waals surface area contributed by atoms with Crippen molar-refractivity contribution in [2.24, 2.45) is 10.9 Å². The lowest BCUT2D eigenvalue weighted by Gasteiger charge is -2.34. The first-order valence-corrected chi connectivity index (χ1v) is 9.05. The number of carbonyl (C=O) groups excluding carboxylic acids is 1. The number of nitrogens with zero attached hydrogens (tertiary/aromatic N) is 3. The minimum absolute atomic E-state index is 0.0262. The van der Waals surface area contributed by atoms with Crippen LogP contribution >= 0.6 is 0 Å². The van der Waals surface area contributed by atoms with Gasteiger partial charge in [0.2, 0.25) is 0 Å². The number of piperidine rings is 1. The van der Waals surface area contributed by atoms with Gasteiger partial charge in [0.1, 0.15) is 0 Å². The van der Waals surface area contributed by atoms with Crippen LogP contribution in [0, 0.1) is 5.92 Å². The smallest absolute Gasteiger partial charge is 0.310 e. The molecular formula is C17H32N4O2. The standard InChI is InChI=1S/C17H32N4O2/c1-4-18-17(19-12-15-9-7-10-20(15)3)21-11-6-8-14(13-21)16(22)23-5-2/h14-15H,4-13H2,1-3H3,(H,18,19). The lowest BCUT2D eigenvalue weighted by Crippen LogP contribution is -2.48. The van der Waals surface area contributed by atoms with Crippen molar-refractivity contribution in [2.45, 2.75) is 45.6 Å². The molecule has 0 bridgehead atoms. The van der Waals surface area contributed by atoms with E-state index in [-0.39, 0.29) is 11.9 Å². The predicted molar refractivity (Wildman–Crippen MR) is 92.6 cm³/mol. The van der Waals surface area contributed by atoms with Crippen molar-refractivity contribution >= 4 is 11.9 Å². The first kappa shape index (κ1) is 18.0. The van der Waals surface area contributed by atoms with E-state index < -0.39 is 0 Å². The summed E-state index contributed by atoms with van der Waals surface area (Å²) in [6.07, 6.45) is 4.42. The number of rotatable bonds is 5. The number of likely N-dealkylation sites (N-methyl/N-ethyl adjacent to an activating group) is 1. The molecule has 2 unspecified atom stereocenters. The number of guanidine groups is 1. The molecule has 0 spiro atoms. The lowest BCUT2D eigenvalue weighted by molar-refractivity contribution is -0.149. The SMILES string of the molecule is CCNC(=NCC1CCCN1C)N1CCCC(C(=O)OCC)C1. The van der Waals surface area contributed by atoms with Crippen molar-refractivity contribution in [1.82, 2.24) is 15.1 Å². The van der Waals surface area contributed by atoms with Crippen LogP contribution in [0.2, 0.25) is 0 Å². The van der Waals surface area contributed by atoms with Crippen molar-refractivity contribution in [3.05, 3.63) is 0 Å². The summed E-state index contributed by atoms with van der Waals surface area (Å²) in [7, 11) is 2.18. The Morgan fingerprint density at radius 1 is 1.26 bits per heavy atom. The molecule has 2 rings (SSSR count). The molecule has 6 heteroatoms. The minimum Gasteiger partial charge on any atom is -0.466 e. The van der Waals surface area contributed by atoms with E-state index in [2.05, 4.69) is 29.1 Å². The Bertz CT molecular complexity index is 413. The maximum atomic E-state index is 12.0. The maximum absolute atomic E-state index is 12.0. The van der Waals surface area contributed by atoms with Gasteiger partial charge in [-0.15, -0.1) is 0 Å². The average Bonchev–Trinajstić information content (AvgIpc) is 2.97. The second-order valence-corrected chi connectivity index (χ2v) is 6.51. The van der Waals surface area contributed by atoms with Crippen molar-refractivity contribution in [3.8, 4) is 0 Å². The lowest BCUT2D eigenvalue weighted by atomic mass is 9.98. The molecule has 2 atom stereocenters. The number of esters is 1. The van der Waals surface area contributed by atoms with Gasteiger partial charge in [0.05, 0.1) is 19.1 Å². The van der Waals surface area contributed by atoms with E-state index in [1.165, 1.54) is 19.4 Å². The average molecular weight is 324 g/mol. The summed E-state index contributed by atoms with van der Waals surface area (Å²) in [6.45, 7) is 8.93. The van der Waals surface area contributed by atoms with Crippen molar-refractivity contribution in [2.75, 3.05) is 46.4 Å². The molecule has 0 radical (unpaired) electrons. The Morgan fingerprint density at radius 3 is 2.70 bits per heavy atom. The van der Waals surface area contributed by atoms with Crippen LogP contribution in [0.25, 0.3) is 0 Å². The number of likely N-dealkylation sites (tertiary alicyclic amines) is 2. The quantitative estimate of drug-likeness (QED) is 0.470. The molecule has 2 aliphatic rings. The van der Waals surface area contributed by atoms with Crippen LogP contribution in [0.1, 0.15) is 39.5 Å². The van der Waals surface area contributed by atoms with Crippen LogP contribution in [0.4, 0.5) is 0 Å². The topological polar surface area (TPSA) is 57.2 Å². The highest BCUT2D eigenvalue weighted by Gasteiger charge is 2.29. The zero-order chi connectivity index (χ0) is 16.7. The van der Waals surface area contributed by atoms with Gasteiger partial charge in [0, 0.05) is 25.7 Å². The molecule has 2 fully saturated rings. The van der Waals surface area contributed by atoms with Gasteiger partial charge in [0.25, 0.3) is 0 Å². The van der Waals surface area contributed by atoms with Gasteiger partial charge >= 0.3 is 5.97 Å². The van der Waals surface area contributed by atoms with Gasteiger partial charge in [-0.1, -0.05) is 0 Å². The molecule has 0 aromatic carbocycles. The molecule has 2 heterocycles. The number of nitrogens with one attached hydrogen (secondary N) is 1. The molecule has 0 saturated carbocycles. The zero-order valence-corrected chi connectivity index (χ0v) is 14.9. The largest absolute Gasteiger partial charge is 0.466 e. The highest BCUT2D eigenvalue weighted by Crippen LogP contribution is 2.19. The molecule has 0 aromatic rings. The van der Waals surface area contributed by atoms with Crippen LogP contribution in [-0.4, -0.2) is 74.1 Å². The third kappa shape index (κ3) is 5.09. The normalized spacial score (nSPS) is 26.4. The molecule has 132 valence electrons. The first-order valence-electron chi connectivity index (χ1n) is 9.05. The Labute approximate surface area is 140 Å². The van der Waals surface area contributed by atoms with Crippen LogP contribution < -0.4 is 5.32 Å². The molecule has 0 aliphatic carbocycles. The van der Waals surface area contributed by atoms with Gasteiger partial charge in [-0.05, 0) is 53.1 Å². The summed E-state index contributed by atoms with van der Waals surface area (Å²) >= 11 is 0. The van der Waals surface area contributed by atoms with Crippen LogP contribution in [-0.2, 0) is 9.53 Å². The van der Waals surface area contributed by atoms with Crippen molar-refractivity contribution in [1.29, 1.82) is 0 Å². The van der Waals surface area contributed by atoms with E-state index in [4.69, 9.17) is 9.73 Å². The summed E-state index contributed by atoms with van der Waals surface area (Å²) < 4.78 is 5.19. The Balaban J connectivity index is 1.96. The third-order valence-corrected chi connectivity index (χ3v) is 4.80. The first-order chi connectivity index (χ1) is 11.2. The number of hydrogen-bond donors (Lipinski definition) is 1. The highest BCUT2D eigenvalue weighted by molar-refractivity contribution is 5.81. The molecule has 0 amide bonds. The minimum atomic E-state index is -0.0661. The Morgan fingerprint density at radius 2 is 2.04 bits per heavy atom. The Kier molecular flexibility index (Phi) is 7.15. The van der Waals surface area contributed by atoms with Gasteiger partial charge in [0.15, 0.2) is 5.96 Å². The number of hydrogen-bond acceptors (Lipinski definition) is 4. The van der Waals surface area contributed by atoms with Gasteiger partial charge < -0.3 is 19.9 Å². The van der Waals surface area contributed by atoms with E-state index >= 15 is 0 Å². The number of carbonyl (C=O) groups is 1. The second kappa shape index (κ2) is 9.11. The third-order valence-electron chi connectivity index (χ3n) is 4.80. The van der Waals surface area contributed by atoms with E-state index in [0.717, 1.165) is 38.4 Å².